The van der Waals surface area contributed by atoms with Gasteiger partial charge in [-0.2, -0.15) is 0 Å². The molecule has 0 spiro atoms. The molecule has 0 radical (unpaired) electrons. The van der Waals surface area contributed by atoms with E-state index in [1.54, 1.807) is 0 Å². The number of fused-ring (bicyclic) bond motifs is 3. The Morgan fingerprint density at radius 3 is 3.00 bits per heavy atom. The molecule has 1 saturated heterocycles. The third-order valence-corrected chi connectivity index (χ3v) is 3.78. The highest BCUT2D eigenvalue weighted by molar-refractivity contribution is 5.99. The Morgan fingerprint density at radius 2 is 2.22 bits per heavy atom. The Kier molecular flexibility index (Phi) is 2.58. The number of hydrogen-bond acceptors (Lipinski definition) is 3. The molecule has 2 aliphatic heterocycles. The van der Waals surface area contributed by atoms with Crippen molar-refractivity contribution in [2.75, 3.05) is 11.5 Å². The number of hydrogen-bond donors (Lipinski definition) is 0. The summed E-state index contributed by atoms with van der Waals surface area (Å²) in [5, 5.41) is 0. The maximum Gasteiger partial charge on any atom is 0.302 e. The van der Waals surface area contributed by atoms with E-state index in [9.17, 15) is 9.59 Å². The molecule has 2 heterocycles. The number of benzene rings is 1. The lowest BCUT2D eigenvalue weighted by molar-refractivity contribution is -0.141. The van der Waals surface area contributed by atoms with Gasteiger partial charge in [-0.25, -0.2) is 0 Å². The highest BCUT2D eigenvalue weighted by Gasteiger charge is 2.45. The molecule has 1 aromatic rings. The molecule has 2 atom stereocenters. The summed E-state index contributed by atoms with van der Waals surface area (Å²) in [6, 6.07) is 8.06. The van der Waals surface area contributed by atoms with Crippen molar-refractivity contribution in [3.05, 3.63) is 29.8 Å². The lowest BCUT2D eigenvalue weighted by Gasteiger charge is -2.20. The molecule has 4 heteroatoms. The first kappa shape index (κ1) is 11.3. The molecule has 4 nitrogen and oxygen atoms in total. The normalized spacial score (nSPS) is 24.9. The number of carbonyl (C=O) groups excluding carboxylic acids is 2. The van der Waals surface area contributed by atoms with E-state index in [-0.39, 0.29) is 23.8 Å². The first-order valence-electron chi connectivity index (χ1n) is 6.23. The average Bonchev–Trinajstić information content (AvgIpc) is 2.86. The molecule has 0 bridgehead atoms. The summed E-state index contributed by atoms with van der Waals surface area (Å²) in [5.74, 6) is 0.0320. The van der Waals surface area contributed by atoms with Gasteiger partial charge >= 0.3 is 5.97 Å². The number of ether oxygens (including phenoxy) is 1. The van der Waals surface area contributed by atoms with Crippen molar-refractivity contribution < 1.29 is 14.3 Å². The minimum atomic E-state index is -0.268. The summed E-state index contributed by atoms with van der Waals surface area (Å²) < 4.78 is 5.15. The number of amides is 1. The SMILES string of the molecule is CC(=O)OC[C@H]1c2ccccc2N2C(=O)CC[C@H]12. The Morgan fingerprint density at radius 1 is 1.44 bits per heavy atom. The summed E-state index contributed by atoms with van der Waals surface area (Å²) in [4.78, 5) is 24.8. The molecule has 1 aromatic carbocycles. The van der Waals surface area contributed by atoms with Crippen molar-refractivity contribution in [1.82, 2.24) is 0 Å². The predicted molar refractivity (Wildman–Crippen MR) is 66.3 cm³/mol. The topological polar surface area (TPSA) is 46.6 Å². The minimum absolute atomic E-state index is 0.122. The lowest BCUT2D eigenvalue weighted by Crippen LogP contribution is -2.32. The summed E-state index contributed by atoms with van der Waals surface area (Å²) in [6.45, 7) is 1.78. The zero-order chi connectivity index (χ0) is 12.7. The van der Waals surface area contributed by atoms with Gasteiger partial charge in [0.1, 0.15) is 6.61 Å². The van der Waals surface area contributed by atoms with E-state index >= 15 is 0 Å². The van der Waals surface area contributed by atoms with Gasteiger partial charge in [0.2, 0.25) is 5.91 Å². The van der Waals surface area contributed by atoms with Crippen molar-refractivity contribution in [3.63, 3.8) is 0 Å². The number of nitrogens with zero attached hydrogens (tertiary/aromatic N) is 1. The molecule has 0 unspecified atom stereocenters. The van der Waals surface area contributed by atoms with Gasteiger partial charge in [-0.05, 0) is 18.1 Å². The number of para-hydroxylation sites is 1. The monoisotopic (exact) mass is 245 g/mol. The van der Waals surface area contributed by atoms with E-state index < -0.39 is 0 Å². The van der Waals surface area contributed by atoms with E-state index in [1.165, 1.54) is 6.92 Å². The second-order valence-electron chi connectivity index (χ2n) is 4.84. The molecular weight excluding hydrogens is 230 g/mol. The van der Waals surface area contributed by atoms with Crippen LogP contribution in [0.4, 0.5) is 5.69 Å². The van der Waals surface area contributed by atoms with Crippen LogP contribution in [0.1, 0.15) is 31.2 Å². The van der Waals surface area contributed by atoms with Gasteiger partial charge < -0.3 is 9.64 Å². The van der Waals surface area contributed by atoms with Crippen LogP contribution in [0.5, 0.6) is 0 Å². The fraction of sp³-hybridized carbons (Fsp3) is 0.429. The van der Waals surface area contributed by atoms with Gasteiger partial charge in [-0.1, -0.05) is 18.2 Å². The first-order chi connectivity index (χ1) is 8.68. The van der Waals surface area contributed by atoms with E-state index in [4.69, 9.17) is 4.74 Å². The van der Waals surface area contributed by atoms with Gasteiger partial charge in [-0.15, -0.1) is 0 Å². The van der Waals surface area contributed by atoms with Crippen LogP contribution in [-0.4, -0.2) is 24.5 Å². The van der Waals surface area contributed by atoms with E-state index in [0.717, 1.165) is 17.7 Å². The van der Waals surface area contributed by atoms with Crippen LogP contribution >= 0.6 is 0 Å². The number of rotatable bonds is 2. The van der Waals surface area contributed by atoms with E-state index in [0.29, 0.717) is 13.0 Å². The zero-order valence-electron chi connectivity index (χ0n) is 10.3. The Bertz CT molecular complexity index is 512. The molecule has 18 heavy (non-hydrogen) atoms. The predicted octanol–water partition coefficient (Wildman–Crippen LogP) is 1.84. The largest absolute Gasteiger partial charge is 0.465 e. The quantitative estimate of drug-likeness (QED) is 0.747. The van der Waals surface area contributed by atoms with Gasteiger partial charge in [-0.3, -0.25) is 9.59 Å². The minimum Gasteiger partial charge on any atom is -0.465 e. The standard InChI is InChI=1S/C14H15NO3/c1-9(16)18-8-11-10-4-2-3-5-12(10)15-13(11)6-7-14(15)17/h2-5,11,13H,6-8H2,1H3/t11-,13+/m0/s1. The summed E-state index contributed by atoms with van der Waals surface area (Å²) in [5.41, 5.74) is 2.11. The van der Waals surface area contributed by atoms with Crippen LogP contribution in [-0.2, 0) is 14.3 Å². The number of anilines is 1. The lowest BCUT2D eigenvalue weighted by atomic mass is 9.94. The molecule has 2 aliphatic rings. The fourth-order valence-corrected chi connectivity index (χ4v) is 3.04. The van der Waals surface area contributed by atoms with Crippen molar-refractivity contribution in [1.29, 1.82) is 0 Å². The third kappa shape index (κ3) is 1.60. The van der Waals surface area contributed by atoms with Gasteiger partial charge in [0.25, 0.3) is 0 Å². The maximum atomic E-state index is 11.9. The molecule has 94 valence electrons. The second kappa shape index (κ2) is 4.12. The van der Waals surface area contributed by atoms with Gasteiger partial charge in [0.05, 0.1) is 0 Å². The zero-order valence-corrected chi connectivity index (χ0v) is 10.3. The van der Waals surface area contributed by atoms with Crippen LogP contribution in [0.15, 0.2) is 24.3 Å². The van der Waals surface area contributed by atoms with E-state index in [1.807, 2.05) is 29.2 Å². The molecular formula is C14H15NO3. The molecule has 1 fully saturated rings. The van der Waals surface area contributed by atoms with Crippen LogP contribution in [0, 0.1) is 0 Å². The van der Waals surface area contributed by atoms with E-state index in [2.05, 4.69) is 0 Å². The summed E-state index contributed by atoms with van der Waals surface area (Å²) >= 11 is 0. The summed E-state index contributed by atoms with van der Waals surface area (Å²) in [6.07, 6.45) is 1.44. The molecule has 0 N–H and O–H groups in total. The molecule has 1 amide bonds. The molecule has 0 saturated carbocycles. The van der Waals surface area contributed by atoms with Crippen molar-refractivity contribution in [2.24, 2.45) is 0 Å². The Balaban J connectivity index is 1.94. The Hall–Kier alpha value is -1.84. The maximum absolute atomic E-state index is 11.9. The van der Waals surface area contributed by atoms with Gasteiger partial charge in [0, 0.05) is 31.0 Å². The highest BCUT2D eigenvalue weighted by atomic mass is 16.5. The van der Waals surface area contributed by atoms with Gasteiger partial charge in [0.15, 0.2) is 0 Å². The summed E-state index contributed by atoms with van der Waals surface area (Å²) in [7, 11) is 0. The number of esters is 1. The van der Waals surface area contributed by atoms with Crippen LogP contribution < -0.4 is 4.90 Å². The fourth-order valence-electron chi connectivity index (χ4n) is 3.04. The van der Waals surface area contributed by atoms with Crippen molar-refractivity contribution in [2.45, 2.75) is 31.7 Å². The highest BCUT2D eigenvalue weighted by Crippen LogP contribution is 2.46. The van der Waals surface area contributed by atoms with Crippen LogP contribution in [0.25, 0.3) is 0 Å². The molecule has 3 rings (SSSR count). The molecule has 0 aromatic heterocycles. The Labute approximate surface area is 106 Å². The van der Waals surface area contributed by atoms with Crippen LogP contribution in [0.2, 0.25) is 0 Å². The van der Waals surface area contributed by atoms with Crippen LogP contribution in [0.3, 0.4) is 0 Å². The second-order valence-corrected chi connectivity index (χ2v) is 4.84. The molecule has 0 aliphatic carbocycles. The third-order valence-electron chi connectivity index (χ3n) is 3.78. The number of carbonyl (C=O) groups is 2. The van der Waals surface area contributed by atoms with Crippen molar-refractivity contribution in [3.8, 4) is 0 Å². The first-order valence-corrected chi connectivity index (χ1v) is 6.23. The smallest absolute Gasteiger partial charge is 0.302 e. The van der Waals surface area contributed by atoms with Crippen molar-refractivity contribution >= 4 is 17.6 Å². The average molecular weight is 245 g/mol.